The summed E-state index contributed by atoms with van der Waals surface area (Å²) in [5.74, 6) is 0. The number of halogens is 3. The standard InChI is InChI=1S/C15H17F3N2S/c1-2-9-20-10-5-6-12(20)11-19-13-7-3-4-8-14(13)21-15(16,17)18/h3-8,10,19H,2,9,11H2,1H3. The van der Waals surface area contributed by atoms with Crippen LogP contribution in [0.2, 0.25) is 0 Å². The Kier molecular flexibility index (Phi) is 5.22. The van der Waals surface area contributed by atoms with Gasteiger partial charge < -0.3 is 9.88 Å². The molecule has 0 amide bonds. The Morgan fingerprint density at radius 2 is 1.90 bits per heavy atom. The van der Waals surface area contributed by atoms with Gasteiger partial charge in [-0.1, -0.05) is 19.1 Å². The highest BCUT2D eigenvalue weighted by Crippen LogP contribution is 2.40. The van der Waals surface area contributed by atoms with Crippen molar-refractivity contribution in [1.29, 1.82) is 0 Å². The molecular formula is C15H17F3N2S. The van der Waals surface area contributed by atoms with E-state index in [4.69, 9.17) is 0 Å². The number of nitrogens with zero attached hydrogens (tertiary/aromatic N) is 1. The number of thioether (sulfide) groups is 1. The van der Waals surface area contributed by atoms with Crippen molar-refractivity contribution in [1.82, 2.24) is 4.57 Å². The van der Waals surface area contributed by atoms with Gasteiger partial charge in [0.25, 0.3) is 0 Å². The monoisotopic (exact) mass is 314 g/mol. The fourth-order valence-electron chi connectivity index (χ4n) is 2.08. The number of anilines is 1. The van der Waals surface area contributed by atoms with Crippen molar-refractivity contribution in [2.45, 2.75) is 36.8 Å². The second-order valence-corrected chi connectivity index (χ2v) is 5.70. The maximum absolute atomic E-state index is 12.5. The molecule has 0 radical (unpaired) electrons. The minimum absolute atomic E-state index is 0.0903. The zero-order valence-electron chi connectivity index (χ0n) is 11.7. The van der Waals surface area contributed by atoms with E-state index in [0.29, 0.717) is 12.2 Å². The fourth-order valence-corrected chi connectivity index (χ4v) is 2.73. The van der Waals surface area contributed by atoms with Gasteiger partial charge in [-0.15, -0.1) is 0 Å². The normalized spacial score (nSPS) is 11.6. The van der Waals surface area contributed by atoms with Crippen molar-refractivity contribution in [2.24, 2.45) is 0 Å². The van der Waals surface area contributed by atoms with Crippen LogP contribution in [0.15, 0.2) is 47.5 Å². The van der Waals surface area contributed by atoms with Crippen LogP contribution in [0.25, 0.3) is 0 Å². The first-order valence-electron chi connectivity index (χ1n) is 6.72. The van der Waals surface area contributed by atoms with E-state index in [2.05, 4.69) is 16.8 Å². The van der Waals surface area contributed by atoms with Crippen molar-refractivity contribution in [3.63, 3.8) is 0 Å². The smallest absolute Gasteiger partial charge is 0.379 e. The van der Waals surface area contributed by atoms with E-state index in [-0.39, 0.29) is 16.7 Å². The van der Waals surface area contributed by atoms with Crippen LogP contribution in [0, 0.1) is 0 Å². The second-order valence-electron chi connectivity index (χ2n) is 4.59. The Morgan fingerprint density at radius 3 is 2.62 bits per heavy atom. The summed E-state index contributed by atoms with van der Waals surface area (Å²) in [7, 11) is 0. The Hall–Kier alpha value is -1.56. The molecule has 114 valence electrons. The molecule has 0 aliphatic carbocycles. The average Bonchev–Trinajstić information content (AvgIpc) is 2.84. The van der Waals surface area contributed by atoms with Crippen LogP contribution in [0.4, 0.5) is 18.9 Å². The molecule has 0 aliphatic rings. The summed E-state index contributed by atoms with van der Waals surface area (Å²) >= 11 is -0.0903. The Labute approximate surface area is 126 Å². The van der Waals surface area contributed by atoms with E-state index < -0.39 is 5.51 Å². The van der Waals surface area contributed by atoms with E-state index >= 15 is 0 Å². The van der Waals surface area contributed by atoms with Gasteiger partial charge in [0.15, 0.2) is 0 Å². The van der Waals surface area contributed by atoms with Crippen molar-refractivity contribution in [3.05, 3.63) is 48.3 Å². The number of nitrogens with one attached hydrogen (secondary N) is 1. The summed E-state index contributed by atoms with van der Waals surface area (Å²) in [6, 6.07) is 10.4. The van der Waals surface area contributed by atoms with Crippen LogP contribution in [0.1, 0.15) is 19.0 Å². The Morgan fingerprint density at radius 1 is 1.14 bits per heavy atom. The number of aryl methyl sites for hydroxylation is 1. The second kappa shape index (κ2) is 6.93. The van der Waals surface area contributed by atoms with Crippen molar-refractivity contribution >= 4 is 17.4 Å². The Bertz CT molecular complexity index is 578. The first kappa shape index (κ1) is 15.8. The number of para-hydroxylation sites is 1. The molecule has 1 heterocycles. The molecule has 2 nitrogen and oxygen atoms in total. The lowest BCUT2D eigenvalue weighted by Gasteiger charge is -2.14. The summed E-state index contributed by atoms with van der Waals surface area (Å²) in [4.78, 5) is 0.193. The Balaban J connectivity index is 2.08. The third-order valence-corrected chi connectivity index (χ3v) is 3.77. The first-order chi connectivity index (χ1) is 9.99. The highest BCUT2D eigenvalue weighted by Gasteiger charge is 2.30. The van der Waals surface area contributed by atoms with Crippen molar-refractivity contribution < 1.29 is 13.2 Å². The SMILES string of the molecule is CCCn1cccc1CNc1ccccc1SC(F)(F)F. The van der Waals surface area contributed by atoms with Gasteiger partial charge in [-0.3, -0.25) is 0 Å². The van der Waals surface area contributed by atoms with E-state index in [1.807, 2.05) is 18.3 Å². The first-order valence-corrected chi connectivity index (χ1v) is 7.54. The summed E-state index contributed by atoms with van der Waals surface area (Å²) < 4.78 is 39.7. The number of benzene rings is 1. The molecule has 0 atom stereocenters. The van der Waals surface area contributed by atoms with Crippen LogP contribution in [0.5, 0.6) is 0 Å². The molecule has 0 unspecified atom stereocenters. The maximum atomic E-state index is 12.5. The van der Waals surface area contributed by atoms with Gasteiger partial charge in [-0.2, -0.15) is 13.2 Å². The topological polar surface area (TPSA) is 17.0 Å². The van der Waals surface area contributed by atoms with Crippen LogP contribution in [-0.2, 0) is 13.1 Å². The molecule has 0 bridgehead atoms. The maximum Gasteiger partial charge on any atom is 0.446 e. The number of aromatic nitrogens is 1. The molecule has 21 heavy (non-hydrogen) atoms. The summed E-state index contributed by atoms with van der Waals surface area (Å²) in [6.07, 6.45) is 3.00. The van der Waals surface area contributed by atoms with Crippen LogP contribution in [0.3, 0.4) is 0 Å². The highest BCUT2D eigenvalue weighted by molar-refractivity contribution is 8.00. The van der Waals surface area contributed by atoms with Crippen molar-refractivity contribution in [3.8, 4) is 0 Å². The van der Waals surface area contributed by atoms with E-state index in [0.717, 1.165) is 18.7 Å². The minimum Gasteiger partial charge on any atom is -0.379 e. The quantitative estimate of drug-likeness (QED) is 0.745. The lowest BCUT2D eigenvalue weighted by molar-refractivity contribution is -0.0327. The van der Waals surface area contributed by atoms with Crippen molar-refractivity contribution in [2.75, 3.05) is 5.32 Å². The molecule has 1 aromatic heterocycles. The molecule has 0 spiro atoms. The van der Waals surface area contributed by atoms with E-state index in [1.54, 1.807) is 18.2 Å². The van der Waals surface area contributed by atoms with Gasteiger partial charge in [0.1, 0.15) is 0 Å². The van der Waals surface area contributed by atoms with E-state index in [9.17, 15) is 13.2 Å². The minimum atomic E-state index is -4.28. The molecule has 1 N–H and O–H groups in total. The number of rotatable bonds is 6. The van der Waals surface area contributed by atoms with Gasteiger partial charge in [0.2, 0.25) is 0 Å². The van der Waals surface area contributed by atoms with Crippen LogP contribution >= 0.6 is 11.8 Å². The van der Waals surface area contributed by atoms with Crippen LogP contribution < -0.4 is 5.32 Å². The third-order valence-electron chi connectivity index (χ3n) is 2.96. The number of hydrogen-bond acceptors (Lipinski definition) is 2. The number of alkyl halides is 3. The molecule has 1 aromatic carbocycles. The molecule has 2 rings (SSSR count). The summed E-state index contributed by atoms with van der Waals surface area (Å²) in [5.41, 5.74) is -2.71. The predicted molar refractivity (Wildman–Crippen MR) is 80.4 cm³/mol. The van der Waals surface area contributed by atoms with Crippen LogP contribution in [-0.4, -0.2) is 10.1 Å². The molecular weight excluding hydrogens is 297 g/mol. The largest absolute Gasteiger partial charge is 0.446 e. The molecule has 2 aromatic rings. The van der Waals surface area contributed by atoms with Gasteiger partial charge >= 0.3 is 5.51 Å². The summed E-state index contributed by atoms with van der Waals surface area (Å²) in [6.45, 7) is 3.50. The highest BCUT2D eigenvalue weighted by atomic mass is 32.2. The lowest BCUT2D eigenvalue weighted by atomic mass is 10.3. The third kappa shape index (κ3) is 4.74. The molecule has 6 heteroatoms. The summed E-state index contributed by atoms with van der Waals surface area (Å²) in [5, 5.41) is 3.10. The lowest BCUT2D eigenvalue weighted by Crippen LogP contribution is -2.08. The zero-order valence-corrected chi connectivity index (χ0v) is 12.5. The fraction of sp³-hybridized carbons (Fsp3) is 0.333. The average molecular weight is 314 g/mol. The van der Waals surface area contributed by atoms with Gasteiger partial charge in [-0.05, 0) is 42.4 Å². The molecule has 0 saturated heterocycles. The van der Waals surface area contributed by atoms with Gasteiger partial charge in [-0.25, -0.2) is 0 Å². The van der Waals surface area contributed by atoms with Gasteiger partial charge in [0.05, 0.1) is 6.54 Å². The molecule has 0 saturated carbocycles. The predicted octanol–water partition coefficient (Wildman–Crippen LogP) is 5.12. The molecule has 0 aliphatic heterocycles. The zero-order chi connectivity index (χ0) is 15.3. The van der Waals surface area contributed by atoms with Gasteiger partial charge in [0, 0.05) is 29.0 Å². The van der Waals surface area contributed by atoms with E-state index in [1.165, 1.54) is 6.07 Å². The molecule has 0 fully saturated rings. The number of hydrogen-bond donors (Lipinski definition) is 1.